The summed E-state index contributed by atoms with van der Waals surface area (Å²) in [6, 6.07) is 7.91. The Labute approximate surface area is 96.9 Å². The van der Waals surface area contributed by atoms with Gasteiger partial charge in [-0.3, -0.25) is 0 Å². The van der Waals surface area contributed by atoms with Gasteiger partial charge in [-0.25, -0.2) is 0 Å². The zero-order valence-electron chi connectivity index (χ0n) is 7.26. The summed E-state index contributed by atoms with van der Waals surface area (Å²) in [6.45, 7) is 2.48. The lowest BCUT2D eigenvalue weighted by atomic mass is 10.3. The summed E-state index contributed by atoms with van der Waals surface area (Å²) >= 11 is 7.76. The van der Waals surface area contributed by atoms with Crippen molar-refractivity contribution >= 4 is 34.2 Å². The first-order chi connectivity index (χ1) is 6.22. The zero-order chi connectivity index (χ0) is 9.68. The summed E-state index contributed by atoms with van der Waals surface area (Å²) in [4.78, 5) is 0. The number of rotatable bonds is 3. The summed E-state index contributed by atoms with van der Waals surface area (Å²) in [5.74, 6) is 0.873. The highest BCUT2D eigenvalue weighted by atomic mass is 127. The predicted octanol–water partition coefficient (Wildman–Crippen LogP) is 3.81. The second-order valence-corrected chi connectivity index (χ2v) is 4.16. The van der Waals surface area contributed by atoms with Crippen LogP contribution in [0.25, 0.3) is 0 Å². The molecule has 0 saturated carbocycles. The molecular weight excluding hydrogens is 298 g/mol. The van der Waals surface area contributed by atoms with Crippen LogP contribution in [0.4, 0.5) is 0 Å². The van der Waals surface area contributed by atoms with Crippen LogP contribution in [0.2, 0.25) is 0 Å². The van der Waals surface area contributed by atoms with Gasteiger partial charge in [-0.2, -0.15) is 0 Å². The van der Waals surface area contributed by atoms with E-state index in [1.165, 1.54) is 9.11 Å². The van der Waals surface area contributed by atoms with Crippen LogP contribution in [0.3, 0.4) is 0 Å². The van der Waals surface area contributed by atoms with E-state index in [1.807, 2.05) is 31.2 Å². The fraction of sp³-hybridized carbons (Fsp3) is 0.200. The molecule has 13 heavy (non-hydrogen) atoms. The lowest BCUT2D eigenvalue weighted by Crippen LogP contribution is -1.97. The zero-order valence-corrected chi connectivity index (χ0v) is 10.2. The highest BCUT2D eigenvalue weighted by molar-refractivity contribution is 14.1. The number of benzene rings is 1. The predicted molar refractivity (Wildman–Crippen MR) is 64.3 cm³/mol. The van der Waals surface area contributed by atoms with Gasteiger partial charge in [0.15, 0.2) is 0 Å². The third-order valence-corrected chi connectivity index (χ3v) is 2.56. The van der Waals surface area contributed by atoms with Gasteiger partial charge in [-0.15, -0.1) is 0 Å². The van der Waals surface area contributed by atoms with Crippen molar-refractivity contribution in [1.29, 1.82) is 0 Å². The fourth-order valence-electron chi connectivity index (χ4n) is 0.759. The summed E-state index contributed by atoms with van der Waals surface area (Å²) in [5.41, 5.74) is 2.55. The minimum atomic E-state index is 0.546. The van der Waals surface area contributed by atoms with Crippen LogP contribution < -0.4 is 4.74 Å². The van der Waals surface area contributed by atoms with Crippen molar-refractivity contribution in [2.24, 2.45) is 0 Å². The molecule has 0 aliphatic rings. The quantitative estimate of drug-likeness (QED) is 0.772. The highest BCUT2D eigenvalue weighted by Crippen LogP contribution is 2.14. The Hall–Kier alpha value is -0.220. The molecule has 1 nitrogen and oxygen atoms in total. The van der Waals surface area contributed by atoms with E-state index in [0.717, 1.165) is 11.3 Å². The molecule has 0 N–H and O–H groups in total. The first-order valence-corrected chi connectivity index (χ1v) is 5.38. The first-order valence-electron chi connectivity index (χ1n) is 3.86. The smallest absolute Gasteiger partial charge is 0.119 e. The van der Waals surface area contributed by atoms with Gasteiger partial charge in [0, 0.05) is 9.11 Å². The molecule has 1 aromatic carbocycles. The molecule has 0 saturated heterocycles. The topological polar surface area (TPSA) is 9.23 Å². The van der Waals surface area contributed by atoms with Crippen molar-refractivity contribution in [2.75, 3.05) is 6.61 Å². The normalized spacial score (nSPS) is 11.5. The molecule has 0 amide bonds. The standard InChI is InChI=1S/C10H10ClIO/c1-8(6-11)7-13-10-4-2-9(12)3-5-10/h2-6H,7H2,1H3/b8-6-. The maximum Gasteiger partial charge on any atom is 0.119 e. The van der Waals surface area contributed by atoms with Crippen LogP contribution in [-0.4, -0.2) is 6.61 Å². The monoisotopic (exact) mass is 308 g/mol. The summed E-state index contributed by atoms with van der Waals surface area (Å²) in [5, 5.41) is 0. The number of halogens is 2. The minimum absolute atomic E-state index is 0.546. The van der Waals surface area contributed by atoms with Crippen LogP contribution in [-0.2, 0) is 0 Å². The van der Waals surface area contributed by atoms with Crippen molar-refractivity contribution < 1.29 is 4.74 Å². The van der Waals surface area contributed by atoms with Gasteiger partial charge in [0.1, 0.15) is 12.4 Å². The summed E-state index contributed by atoms with van der Waals surface area (Å²) in [7, 11) is 0. The molecule has 3 heteroatoms. The van der Waals surface area contributed by atoms with Gasteiger partial charge >= 0.3 is 0 Å². The molecule has 0 radical (unpaired) electrons. The third kappa shape index (κ3) is 4.00. The molecule has 0 aliphatic carbocycles. The van der Waals surface area contributed by atoms with Crippen molar-refractivity contribution in [3.8, 4) is 5.75 Å². The molecule has 0 atom stereocenters. The van der Waals surface area contributed by atoms with E-state index in [-0.39, 0.29) is 0 Å². The molecule has 0 aromatic heterocycles. The molecule has 0 fully saturated rings. The molecule has 70 valence electrons. The Bertz CT molecular complexity index is 292. The van der Waals surface area contributed by atoms with Crippen molar-refractivity contribution in [2.45, 2.75) is 6.92 Å². The molecule has 0 spiro atoms. The van der Waals surface area contributed by atoms with E-state index >= 15 is 0 Å². The summed E-state index contributed by atoms with van der Waals surface area (Å²) in [6.07, 6.45) is 0. The van der Waals surface area contributed by atoms with Crippen molar-refractivity contribution in [3.63, 3.8) is 0 Å². The van der Waals surface area contributed by atoms with E-state index in [2.05, 4.69) is 22.6 Å². The van der Waals surface area contributed by atoms with Gasteiger partial charge in [0.2, 0.25) is 0 Å². The number of ether oxygens (including phenoxy) is 1. The van der Waals surface area contributed by atoms with E-state index in [1.54, 1.807) is 0 Å². The van der Waals surface area contributed by atoms with E-state index in [9.17, 15) is 0 Å². The van der Waals surface area contributed by atoms with Gasteiger partial charge in [0.05, 0.1) is 0 Å². The highest BCUT2D eigenvalue weighted by Gasteiger charge is 1.93. The molecule has 0 unspecified atom stereocenters. The first kappa shape index (κ1) is 10.9. The van der Waals surface area contributed by atoms with Crippen LogP contribution in [0.15, 0.2) is 35.4 Å². The Morgan fingerprint density at radius 1 is 1.46 bits per heavy atom. The molecule has 0 aliphatic heterocycles. The Balaban J connectivity index is 2.51. The largest absolute Gasteiger partial charge is 0.489 e. The van der Waals surface area contributed by atoms with E-state index < -0.39 is 0 Å². The SMILES string of the molecule is C/C(=C/Cl)COc1ccc(I)cc1. The Morgan fingerprint density at radius 3 is 2.62 bits per heavy atom. The maximum absolute atomic E-state index is 5.50. The third-order valence-electron chi connectivity index (χ3n) is 1.47. The number of hydrogen-bond donors (Lipinski definition) is 0. The van der Waals surface area contributed by atoms with E-state index in [4.69, 9.17) is 16.3 Å². The van der Waals surface area contributed by atoms with Gasteiger partial charge < -0.3 is 4.74 Å². The van der Waals surface area contributed by atoms with Crippen LogP contribution >= 0.6 is 34.2 Å². The van der Waals surface area contributed by atoms with Crippen molar-refractivity contribution in [1.82, 2.24) is 0 Å². The van der Waals surface area contributed by atoms with Gasteiger partial charge in [-0.05, 0) is 59.4 Å². The minimum Gasteiger partial charge on any atom is -0.489 e. The average molecular weight is 309 g/mol. The Morgan fingerprint density at radius 2 is 2.08 bits per heavy atom. The second-order valence-electron chi connectivity index (χ2n) is 2.70. The average Bonchev–Trinajstić information content (AvgIpc) is 2.16. The van der Waals surface area contributed by atoms with Gasteiger partial charge in [0.25, 0.3) is 0 Å². The molecule has 0 heterocycles. The lowest BCUT2D eigenvalue weighted by molar-refractivity contribution is 0.352. The fourth-order valence-corrected chi connectivity index (χ4v) is 1.18. The molecule has 0 bridgehead atoms. The van der Waals surface area contributed by atoms with E-state index in [0.29, 0.717) is 6.61 Å². The van der Waals surface area contributed by atoms with Crippen LogP contribution in [0.1, 0.15) is 6.92 Å². The van der Waals surface area contributed by atoms with Crippen LogP contribution in [0.5, 0.6) is 5.75 Å². The van der Waals surface area contributed by atoms with Gasteiger partial charge in [-0.1, -0.05) is 11.6 Å². The second kappa shape index (κ2) is 5.50. The molecule has 1 rings (SSSR count). The Kier molecular flexibility index (Phi) is 4.59. The molecular formula is C10H10ClIO. The summed E-state index contributed by atoms with van der Waals surface area (Å²) < 4.78 is 6.66. The lowest BCUT2D eigenvalue weighted by Gasteiger charge is -2.05. The van der Waals surface area contributed by atoms with Crippen LogP contribution in [0, 0.1) is 3.57 Å². The maximum atomic E-state index is 5.50. The molecule has 1 aromatic rings. The van der Waals surface area contributed by atoms with Crippen molar-refractivity contribution in [3.05, 3.63) is 38.9 Å². The number of hydrogen-bond acceptors (Lipinski definition) is 1.